The second-order valence-corrected chi connectivity index (χ2v) is 7.58. The van der Waals surface area contributed by atoms with Gasteiger partial charge in [-0.25, -0.2) is 9.97 Å². The summed E-state index contributed by atoms with van der Waals surface area (Å²) in [6, 6.07) is 7.94. The average Bonchev–Trinajstić information content (AvgIpc) is 2.66. The first-order valence-electron chi connectivity index (χ1n) is 9.35. The Morgan fingerprint density at radius 3 is 2.69 bits per heavy atom. The average molecular weight is 351 g/mol. The topological polar surface area (TPSA) is 62.2 Å². The molecule has 1 amide bonds. The number of aryl methyl sites for hydroxylation is 1. The number of aromatic nitrogens is 3. The van der Waals surface area contributed by atoms with Crippen molar-refractivity contribution < 1.29 is 4.79 Å². The van der Waals surface area contributed by atoms with Gasteiger partial charge in [0.2, 0.25) is 5.91 Å². The number of likely N-dealkylation sites (tertiary alicyclic amines) is 1. The molecule has 4 heterocycles. The van der Waals surface area contributed by atoms with Crippen LogP contribution in [-0.4, -0.2) is 45.4 Å². The molecule has 2 fully saturated rings. The second-order valence-electron chi connectivity index (χ2n) is 7.58. The molecule has 4 rings (SSSR count). The highest BCUT2D eigenvalue weighted by molar-refractivity contribution is 5.77. The number of hydrogen-bond donors (Lipinski definition) is 0. The van der Waals surface area contributed by atoms with Crippen molar-refractivity contribution in [3.63, 3.8) is 0 Å². The molecule has 6 heteroatoms. The third-order valence-electron chi connectivity index (χ3n) is 5.76. The van der Waals surface area contributed by atoms with E-state index in [-0.39, 0.29) is 11.3 Å². The molecule has 0 atom stereocenters. The van der Waals surface area contributed by atoms with Gasteiger partial charge >= 0.3 is 0 Å². The van der Waals surface area contributed by atoms with Crippen LogP contribution in [0.2, 0.25) is 0 Å². The molecule has 0 radical (unpaired) electrons. The Morgan fingerprint density at radius 2 is 1.96 bits per heavy atom. The van der Waals surface area contributed by atoms with E-state index >= 15 is 0 Å². The fraction of sp³-hybridized carbons (Fsp3) is 0.500. The molecule has 2 saturated heterocycles. The van der Waals surface area contributed by atoms with Crippen LogP contribution in [0.15, 0.2) is 36.8 Å². The fourth-order valence-electron chi connectivity index (χ4n) is 4.17. The van der Waals surface area contributed by atoms with Crippen LogP contribution in [0.1, 0.15) is 37.1 Å². The number of anilines is 1. The minimum Gasteiger partial charge on any atom is -0.356 e. The number of carbonyl (C=O) groups excluding carboxylic acids is 1. The van der Waals surface area contributed by atoms with Crippen molar-refractivity contribution in [2.24, 2.45) is 5.41 Å². The van der Waals surface area contributed by atoms with E-state index in [1.54, 1.807) is 12.5 Å². The molecule has 1 spiro atoms. The number of pyridine rings is 1. The van der Waals surface area contributed by atoms with Gasteiger partial charge in [0.1, 0.15) is 12.1 Å². The van der Waals surface area contributed by atoms with E-state index in [4.69, 9.17) is 0 Å². The SMILES string of the molecule is Cc1cc(N2CCC3(CCC(=O)N(Cc4ccccn4)C3)CC2)ncn1. The monoisotopic (exact) mass is 351 g/mol. The van der Waals surface area contributed by atoms with Crippen molar-refractivity contribution in [1.82, 2.24) is 19.9 Å². The minimum atomic E-state index is 0.237. The van der Waals surface area contributed by atoms with Crippen molar-refractivity contribution >= 4 is 11.7 Å². The molecule has 0 aromatic carbocycles. The van der Waals surface area contributed by atoms with Gasteiger partial charge in [0.15, 0.2) is 0 Å². The number of piperidine rings is 2. The first kappa shape index (κ1) is 16.9. The van der Waals surface area contributed by atoms with Gasteiger partial charge in [-0.1, -0.05) is 6.07 Å². The van der Waals surface area contributed by atoms with Crippen LogP contribution in [0.3, 0.4) is 0 Å². The van der Waals surface area contributed by atoms with Crippen LogP contribution in [-0.2, 0) is 11.3 Å². The van der Waals surface area contributed by atoms with E-state index in [2.05, 4.69) is 25.9 Å². The number of carbonyl (C=O) groups is 1. The molecule has 2 aromatic heterocycles. The van der Waals surface area contributed by atoms with Crippen LogP contribution < -0.4 is 4.90 Å². The van der Waals surface area contributed by atoms with Crippen molar-refractivity contribution in [3.05, 3.63) is 48.2 Å². The summed E-state index contributed by atoms with van der Waals surface area (Å²) in [6.07, 6.45) is 7.29. The predicted octanol–water partition coefficient (Wildman–Crippen LogP) is 2.59. The Kier molecular flexibility index (Phi) is 4.57. The van der Waals surface area contributed by atoms with Crippen molar-refractivity contribution in [2.75, 3.05) is 24.5 Å². The number of hydrogen-bond acceptors (Lipinski definition) is 5. The first-order valence-corrected chi connectivity index (χ1v) is 9.35. The Labute approximate surface area is 154 Å². The zero-order valence-corrected chi connectivity index (χ0v) is 15.3. The molecule has 2 aliphatic heterocycles. The van der Waals surface area contributed by atoms with Gasteiger partial charge in [-0.2, -0.15) is 0 Å². The van der Waals surface area contributed by atoms with E-state index in [1.165, 1.54) is 0 Å². The summed E-state index contributed by atoms with van der Waals surface area (Å²) in [4.78, 5) is 29.8. The maximum atomic E-state index is 12.4. The molecule has 6 nitrogen and oxygen atoms in total. The molecule has 2 aliphatic rings. The highest BCUT2D eigenvalue weighted by Gasteiger charge is 2.41. The lowest BCUT2D eigenvalue weighted by Crippen LogP contribution is -2.51. The molecule has 0 bridgehead atoms. The smallest absolute Gasteiger partial charge is 0.222 e. The summed E-state index contributed by atoms with van der Waals surface area (Å²) in [7, 11) is 0. The zero-order chi connectivity index (χ0) is 18.0. The molecular weight excluding hydrogens is 326 g/mol. The summed E-state index contributed by atoms with van der Waals surface area (Å²) in [5.74, 6) is 1.28. The third kappa shape index (κ3) is 3.54. The van der Waals surface area contributed by atoms with Crippen LogP contribution in [0.5, 0.6) is 0 Å². The largest absolute Gasteiger partial charge is 0.356 e. The van der Waals surface area contributed by atoms with Gasteiger partial charge < -0.3 is 9.80 Å². The summed E-state index contributed by atoms with van der Waals surface area (Å²) in [5.41, 5.74) is 2.20. The lowest BCUT2D eigenvalue weighted by molar-refractivity contribution is -0.139. The lowest BCUT2D eigenvalue weighted by atomic mass is 9.72. The Bertz CT molecular complexity index is 771. The Balaban J connectivity index is 1.42. The van der Waals surface area contributed by atoms with Crippen LogP contribution in [0.4, 0.5) is 5.82 Å². The van der Waals surface area contributed by atoms with Crippen molar-refractivity contribution in [1.29, 1.82) is 0 Å². The lowest BCUT2D eigenvalue weighted by Gasteiger charge is -2.47. The first-order chi connectivity index (χ1) is 12.6. The Morgan fingerprint density at radius 1 is 1.12 bits per heavy atom. The second kappa shape index (κ2) is 7.02. The third-order valence-corrected chi connectivity index (χ3v) is 5.76. The van der Waals surface area contributed by atoms with E-state index in [0.29, 0.717) is 13.0 Å². The van der Waals surface area contributed by atoms with Gasteiger partial charge in [-0.05, 0) is 43.7 Å². The van der Waals surface area contributed by atoms with Crippen LogP contribution in [0.25, 0.3) is 0 Å². The number of amides is 1. The molecule has 0 aliphatic carbocycles. The van der Waals surface area contributed by atoms with E-state index < -0.39 is 0 Å². The fourth-order valence-corrected chi connectivity index (χ4v) is 4.17. The minimum absolute atomic E-state index is 0.237. The molecule has 2 aromatic rings. The van der Waals surface area contributed by atoms with E-state index in [1.807, 2.05) is 30.0 Å². The van der Waals surface area contributed by atoms with Gasteiger partial charge in [0.05, 0.1) is 12.2 Å². The predicted molar refractivity (Wildman–Crippen MR) is 99.5 cm³/mol. The zero-order valence-electron chi connectivity index (χ0n) is 15.3. The van der Waals surface area contributed by atoms with Crippen LogP contribution >= 0.6 is 0 Å². The van der Waals surface area contributed by atoms with Crippen molar-refractivity contribution in [3.8, 4) is 0 Å². The van der Waals surface area contributed by atoms with Crippen molar-refractivity contribution in [2.45, 2.75) is 39.2 Å². The molecule has 0 unspecified atom stereocenters. The van der Waals surface area contributed by atoms with Gasteiger partial charge in [0, 0.05) is 44.0 Å². The standard InChI is InChI=1S/C20H25N5O/c1-16-12-18(23-15-22-16)24-10-7-20(8-11-24)6-5-19(26)25(14-20)13-17-4-2-3-9-21-17/h2-4,9,12,15H,5-8,10-11,13-14H2,1H3. The van der Waals surface area contributed by atoms with Gasteiger partial charge in [-0.15, -0.1) is 0 Å². The highest BCUT2D eigenvalue weighted by Crippen LogP contribution is 2.41. The van der Waals surface area contributed by atoms with Gasteiger partial charge in [-0.3, -0.25) is 9.78 Å². The maximum absolute atomic E-state index is 12.4. The van der Waals surface area contributed by atoms with Crippen LogP contribution in [0, 0.1) is 12.3 Å². The molecule has 0 saturated carbocycles. The Hall–Kier alpha value is -2.50. The normalized spacial score (nSPS) is 19.8. The summed E-state index contributed by atoms with van der Waals surface area (Å²) in [5, 5.41) is 0. The number of nitrogens with zero attached hydrogens (tertiary/aromatic N) is 5. The summed E-state index contributed by atoms with van der Waals surface area (Å²) in [6.45, 7) is 5.44. The summed E-state index contributed by atoms with van der Waals surface area (Å²) >= 11 is 0. The number of rotatable bonds is 3. The van der Waals surface area contributed by atoms with Gasteiger partial charge in [0.25, 0.3) is 0 Å². The van der Waals surface area contributed by atoms with E-state index in [0.717, 1.165) is 56.1 Å². The molecule has 0 N–H and O–H groups in total. The molecule has 136 valence electrons. The summed E-state index contributed by atoms with van der Waals surface area (Å²) < 4.78 is 0. The molecule has 26 heavy (non-hydrogen) atoms. The molecular formula is C20H25N5O. The maximum Gasteiger partial charge on any atom is 0.222 e. The quantitative estimate of drug-likeness (QED) is 0.850. The highest BCUT2D eigenvalue weighted by atomic mass is 16.2. The van der Waals surface area contributed by atoms with E-state index in [9.17, 15) is 4.79 Å².